The number of H-pyrrole nitrogens is 1. The zero-order valence-corrected chi connectivity index (χ0v) is 11.4. The molecular formula is C13H8IN3O. The molecule has 3 rings (SSSR count). The van der Waals surface area contributed by atoms with Gasteiger partial charge in [0.15, 0.2) is 0 Å². The number of aromatic amines is 1. The van der Waals surface area contributed by atoms with Gasteiger partial charge in [-0.15, -0.1) is 0 Å². The Kier molecular flexibility index (Phi) is 2.83. The van der Waals surface area contributed by atoms with Crippen LogP contribution >= 0.6 is 22.6 Å². The molecule has 0 aliphatic carbocycles. The van der Waals surface area contributed by atoms with Crippen molar-refractivity contribution in [1.82, 2.24) is 15.0 Å². The normalized spacial score (nSPS) is 10.7. The summed E-state index contributed by atoms with van der Waals surface area (Å²) in [6, 6.07) is 9.63. The van der Waals surface area contributed by atoms with Gasteiger partial charge in [0.25, 0.3) is 5.56 Å². The van der Waals surface area contributed by atoms with Crippen molar-refractivity contribution in [3.63, 3.8) is 0 Å². The number of rotatable bonds is 1. The molecule has 0 aliphatic rings. The summed E-state index contributed by atoms with van der Waals surface area (Å²) in [6.45, 7) is 0. The Hall–Kier alpha value is -1.76. The number of hydrogen-bond acceptors (Lipinski definition) is 3. The molecule has 2 heterocycles. The number of nitrogens with one attached hydrogen (secondary N) is 1. The highest BCUT2D eigenvalue weighted by atomic mass is 127. The number of nitrogens with zero attached hydrogens (tertiary/aromatic N) is 2. The van der Waals surface area contributed by atoms with E-state index in [2.05, 4.69) is 15.0 Å². The first-order valence-corrected chi connectivity index (χ1v) is 6.42. The van der Waals surface area contributed by atoms with E-state index in [0.29, 0.717) is 9.39 Å². The number of benzene rings is 1. The lowest BCUT2D eigenvalue weighted by Gasteiger charge is -2.04. The van der Waals surface area contributed by atoms with Gasteiger partial charge in [-0.25, -0.2) is 4.98 Å². The number of fused-ring (bicyclic) bond motifs is 1. The van der Waals surface area contributed by atoms with Gasteiger partial charge in [-0.05, 0) is 34.7 Å². The summed E-state index contributed by atoms with van der Waals surface area (Å²) in [6.07, 6.45) is 3.29. The van der Waals surface area contributed by atoms with Gasteiger partial charge < -0.3 is 4.98 Å². The van der Waals surface area contributed by atoms with Crippen LogP contribution in [0.2, 0.25) is 0 Å². The molecule has 1 N–H and O–H groups in total. The minimum atomic E-state index is -0.124. The molecule has 4 nitrogen and oxygen atoms in total. The van der Waals surface area contributed by atoms with Crippen LogP contribution < -0.4 is 5.56 Å². The second-order valence-corrected chi connectivity index (χ2v) is 4.95. The van der Waals surface area contributed by atoms with Crippen LogP contribution in [0.1, 0.15) is 0 Å². The quantitative estimate of drug-likeness (QED) is 0.687. The molecule has 0 spiro atoms. The molecule has 0 radical (unpaired) electrons. The third kappa shape index (κ3) is 1.90. The maximum Gasteiger partial charge on any atom is 0.264 e. The molecule has 5 heteroatoms. The third-order valence-corrected chi connectivity index (χ3v) is 3.43. The van der Waals surface area contributed by atoms with E-state index in [4.69, 9.17) is 0 Å². The molecule has 88 valence electrons. The molecule has 0 bridgehead atoms. The molecule has 0 aliphatic heterocycles. The lowest BCUT2D eigenvalue weighted by Crippen LogP contribution is -2.11. The summed E-state index contributed by atoms with van der Waals surface area (Å²) in [5, 5.41) is 0.976. The smallest absolute Gasteiger partial charge is 0.264 e. The highest BCUT2D eigenvalue weighted by Gasteiger charge is 2.07. The Morgan fingerprint density at radius 3 is 2.78 bits per heavy atom. The Balaban J connectivity index is 2.31. The van der Waals surface area contributed by atoms with E-state index in [0.717, 1.165) is 16.5 Å². The predicted octanol–water partition coefficient (Wildman–Crippen LogP) is 2.59. The Morgan fingerprint density at radius 1 is 1.11 bits per heavy atom. The van der Waals surface area contributed by atoms with Crippen LogP contribution in [0.5, 0.6) is 0 Å². The van der Waals surface area contributed by atoms with Crippen LogP contribution in [0, 0.1) is 3.57 Å². The van der Waals surface area contributed by atoms with E-state index in [1.165, 1.54) is 0 Å². The molecule has 3 aromatic rings. The van der Waals surface area contributed by atoms with E-state index in [1.807, 2.05) is 52.9 Å². The van der Waals surface area contributed by atoms with Crippen LogP contribution in [0.4, 0.5) is 0 Å². The highest BCUT2D eigenvalue weighted by Crippen LogP contribution is 2.23. The van der Waals surface area contributed by atoms with Gasteiger partial charge in [-0.1, -0.05) is 18.2 Å². The standard InChI is InChI=1S/C13H8IN3O/c14-10-7-16-12(17-13(10)18)9-5-6-15-11-4-2-1-3-8(9)11/h1-7H,(H,16,17,18). The summed E-state index contributed by atoms with van der Waals surface area (Å²) in [5.74, 6) is 0.569. The van der Waals surface area contributed by atoms with E-state index in [-0.39, 0.29) is 5.56 Å². The molecular weight excluding hydrogens is 341 g/mol. The summed E-state index contributed by atoms with van der Waals surface area (Å²) in [5.41, 5.74) is 1.65. The fraction of sp³-hybridized carbons (Fsp3) is 0. The van der Waals surface area contributed by atoms with Crippen molar-refractivity contribution in [2.24, 2.45) is 0 Å². The molecule has 18 heavy (non-hydrogen) atoms. The van der Waals surface area contributed by atoms with E-state index >= 15 is 0 Å². The molecule has 1 aromatic carbocycles. The van der Waals surface area contributed by atoms with Gasteiger partial charge in [0.05, 0.1) is 9.09 Å². The summed E-state index contributed by atoms with van der Waals surface area (Å²) in [4.78, 5) is 23.0. The number of aromatic nitrogens is 3. The monoisotopic (exact) mass is 349 g/mol. The van der Waals surface area contributed by atoms with Crippen molar-refractivity contribution >= 4 is 33.5 Å². The second kappa shape index (κ2) is 4.49. The SMILES string of the molecule is O=c1[nH]c(-c2ccnc3ccccc23)ncc1I. The molecule has 0 fully saturated rings. The molecule has 0 saturated heterocycles. The average Bonchev–Trinajstić information content (AvgIpc) is 2.41. The van der Waals surface area contributed by atoms with Crippen molar-refractivity contribution in [3.8, 4) is 11.4 Å². The fourth-order valence-electron chi connectivity index (χ4n) is 1.82. The van der Waals surface area contributed by atoms with Gasteiger partial charge in [-0.2, -0.15) is 0 Å². The lowest BCUT2D eigenvalue weighted by atomic mass is 10.1. The molecule has 0 saturated carbocycles. The Bertz CT molecular complexity index is 777. The van der Waals surface area contributed by atoms with E-state index < -0.39 is 0 Å². The Morgan fingerprint density at radius 2 is 1.94 bits per heavy atom. The van der Waals surface area contributed by atoms with Gasteiger partial charge in [0.1, 0.15) is 5.82 Å². The van der Waals surface area contributed by atoms with Crippen LogP contribution in [0.25, 0.3) is 22.3 Å². The summed E-state index contributed by atoms with van der Waals surface area (Å²) >= 11 is 1.96. The van der Waals surface area contributed by atoms with E-state index in [1.54, 1.807) is 12.4 Å². The van der Waals surface area contributed by atoms with Gasteiger partial charge in [-0.3, -0.25) is 9.78 Å². The van der Waals surface area contributed by atoms with Crippen molar-refractivity contribution < 1.29 is 0 Å². The van der Waals surface area contributed by atoms with Gasteiger partial charge >= 0.3 is 0 Å². The zero-order chi connectivity index (χ0) is 12.5. The Labute approximate surface area is 116 Å². The molecule has 0 unspecified atom stereocenters. The lowest BCUT2D eigenvalue weighted by molar-refractivity contribution is 1.11. The van der Waals surface area contributed by atoms with Crippen LogP contribution in [0.3, 0.4) is 0 Å². The number of halogens is 1. The number of para-hydroxylation sites is 1. The van der Waals surface area contributed by atoms with Gasteiger partial charge in [0.2, 0.25) is 0 Å². The van der Waals surface area contributed by atoms with Gasteiger partial charge in [0, 0.05) is 23.3 Å². The second-order valence-electron chi connectivity index (χ2n) is 3.78. The largest absolute Gasteiger partial charge is 0.306 e. The summed E-state index contributed by atoms with van der Waals surface area (Å²) in [7, 11) is 0. The maximum absolute atomic E-state index is 11.6. The molecule has 2 aromatic heterocycles. The van der Waals surface area contributed by atoms with Crippen LogP contribution in [0.15, 0.2) is 47.5 Å². The topological polar surface area (TPSA) is 58.6 Å². The van der Waals surface area contributed by atoms with Crippen molar-refractivity contribution in [2.75, 3.05) is 0 Å². The molecule has 0 amide bonds. The zero-order valence-electron chi connectivity index (χ0n) is 9.22. The third-order valence-electron chi connectivity index (χ3n) is 2.66. The first-order valence-electron chi connectivity index (χ1n) is 5.34. The van der Waals surface area contributed by atoms with Crippen LogP contribution in [-0.2, 0) is 0 Å². The van der Waals surface area contributed by atoms with Crippen molar-refractivity contribution in [2.45, 2.75) is 0 Å². The number of hydrogen-bond donors (Lipinski definition) is 1. The number of pyridine rings is 1. The average molecular weight is 349 g/mol. The van der Waals surface area contributed by atoms with Crippen molar-refractivity contribution in [1.29, 1.82) is 0 Å². The van der Waals surface area contributed by atoms with Crippen LogP contribution in [-0.4, -0.2) is 15.0 Å². The summed E-state index contributed by atoms with van der Waals surface area (Å²) < 4.78 is 0.578. The van der Waals surface area contributed by atoms with E-state index in [9.17, 15) is 4.79 Å². The minimum Gasteiger partial charge on any atom is -0.306 e. The van der Waals surface area contributed by atoms with Crippen molar-refractivity contribution in [3.05, 3.63) is 56.6 Å². The molecule has 0 atom stereocenters. The first-order chi connectivity index (χ1) is 8.75. The fourth-order valence-corrected chi connectivity index (χ4v) is 2.09. The first kappa shape index (κ1) is 11.3. The predicted molar refractivity (Wildman–Crippen MR) is 78.3 cm³/mol. The highest BCUT2D eigenvalue weighted by molar-refractivity contribution is 14.1. The maximum atomic E-state index is 11.6. The minimum absolute atomic E-state index is 0.124.